The second-order valence-electron chi connectivity index (χ2n) is 6.66. The maximum atomic E-state index is 12.4. The number of rotatable bonds is 7. The SMILES string of the molecule is CCOc1ccccc1NC(=O)C/C(C)=N/NC(=O)c1cc2ccccc2cc1O. The van der Waals surface area contributed by atoms with E-state index in [0.29, 0.717) is 23.8 Å². The minimum Gasteiger partial charge on any atom is -0.507 e. The zero-order chi connectivity index (χ0) is 21.5. The largest absolute Gasteiger partial charge is 0.507 e. The van der Waals surface area contributed by atoms with Crippen LogP contribution < -0.4 is 15.5 Å². The summed E-state index contributed by atoms with van der Waals surface area (Å²) >= 11 is 0. The summed E-state index contributed by atoms with van der Waals surface area (Å²) in [6.07, 6.45) is -0.00948. The van der Waals surface area contributed by atoms with E-state index in [1.165, 1.54) is 6.07 Å². The summed E-state index contributed by atoms with van der Waals surface area (Å²) in [5, 5.41) is 18.5. The van der Waals surface area contributed by atoms with Crippen LogP contribution >= 0.6 is 0 Å². The number of phenolic OH excluding ortho intramolecular Hbond substituents is 1. The number of carbonyl (C=O) groups excluding carboxylic acids is 2. The van der Waals surface area contributed by atoms with Gasteiger partial charge in [0.25, 0.3) is 5.91 Å². The third kappa shape index (κ3) is 5.14. The zero-order valence-corrected chi connectivity index (χ0v) is 16.8. The van der Waals surface area contributed by atoms with Gasteiger partial charge in [0.05, 0.1) is 24.3 Å². The van der Waals surface area contributed by atoms with Crippen molar-refractivity contribution in [1.82, 2.24) is 5.43 Å². The van der Waals surface area contributed by atoms with Crippen LogP contribution in [0.15, 0.2) is 65.8 Å². The van der Waals surface area contributed by atoms with Gasteiger partial charge in [-0.3, -0.25) is 9.59 Å². The lowest BCUT2D eigenvalue weighted by atomic mass is 10.1. The molecule has 0 atom stereocenters. The summed E-state index contributed by atoms with van der Waals surface area (Å²) < 4.78 is 5.49. The van der Waals surface area contributed by atoms with E-state index in [9.17, 15) is 14.7 Å². The Morgan fingerprint density at radius 2 is 1.70 bits per heavy atom. The third-order valence-electron chi connectivity index (χ3n) is 4.33. The summed E-state index contributed by atoms with van der Waals surface area (Å²) in [6, 6.07) is 17.7. The van der Waals surface area contributed by atoms with Crippen molar-refractivity contribution in [2.45, 2.75) is 20.3 Å². The second-order valence-corrected chi connectivity index (χ2v) is 6.66. The molecule has 7 nitrogen and oxygen atoms in total. The normalized spacial score (nSPS) is 11.2. The minimum absolute atomic E-state index is 0.00948. The molecule has 0 radical (unpaired) electrons. The topological polar surface area (TPSA) is 100 Å². The molecule has 0 bridgehead atoms. The Labute approximate surface area is 174 Å². The number of phenols is 1. The number of hydrazone groups is 1. The number of fused-ring (bicyclic) bond motifs is 1. The van der Waals surface area contributed by atoms with Crippen molar-refractivity contribution in [3.63, 3.8) is 0 Å². The summed E-state index contributed by atoms with van der Waals surface area (Å²) in [6.45, 7) is 3.99. The van der Waals surface area contributed by atoms with E-state index >= 15 is 0 Å². The van der Waals surface area contributed by atoms with Crippen molar-refractivity contribution in [2.24, 2.45) is 5.10 Å². The Morgan fingerprint density at radius 3 is 2.43 bits per heavy atom. The minimum atomic E-state index is -0.556. The van der Waals surface area contributed by atoms with Gasteiger partial charge in [-0.25, -0.2) is 5.43 Å². The standard InChI is InChI=1S/C23H23N3O4/c1-3-30-21-11-7-6-10-19(21)24-22(28)12-15(2)25-26-23(29)18-13-16-8-4-5-9-17(16)14-20(18)27/h4-11,13-14,27H,3,12H2,1-2H3,(H,24,28)(H,26,29)/b25-15+. The zero-order valence-electron chi connectivity index (χ0n) is 16.8. The molecule has 0 aliphatic heterocycles. The average molecular weight is 405 g/mol. The van der Waals surface area contributed by atoms with Crippen LogP contribution in [-0.4, -0.2) is 29.2 Å². The molecule has 0 unspecified atom stereocenters. The molecule has 154 valence electrons. The Hall–Kier alpha value is -3.87. The van der Waals surface area contributed by atoms with E-state index in [1.807, 2.05) is 37.3 Å². The Morgan fingerprint density at radius 1 is 1.03 bits per heavy atom. The number of carbonyl (C=O) groups is 2. The third-order valence-corrected chi connectivity index (χ3v) is 4.33. The molecule has 0 aliphatic carbocycles. The van der Waals surface area contributed by atoms with Gasteiger partial charge in [-0.05, 0) is 48.9 Å². The van der Waals surface area contributed by atoms with Crippen LogP contribution in [0.2, 0.25) is 0 Å². The lowest BCUT2D eigenvalue weighted by Crippen LogP contribution is -2.21. The summed E-state index contributed by atoms with van der Waals surface area (Å²) in [5.41, 5.74) is 3.48. The molecular weight excluding hydrogens is 382 g/mol. The van der Waals surface area contributed by atoms with Crippen molar-refractivity contribution in [3.8, 4) is 11.5 Å². The van der Waals surface area contributed by atoms with Gasteiger partial charge in [0.2, 0.25) is 5.91 Å². The number of hydrogen-bond acceptors (Lipinski definition) is 5. The molecule has 3 aromatic rings. The molecule has 3 aromatic carbocycles. The molecule has 0 saturated carbocycles. The first kappa shape index (κ1) is 20.9. The predicted molar refractivity (Wildman–Crippen MR) is 117 cm³/mol. The van der Waals surface area contributed by atoms with Crippen molar-refractivity contribution >= 4 is 34.0 Å². The molecule has 0 fully saturated rings. The maximum absolute atomic E-state index is 12.4. The number of nitrogens with one attached hydrogen (secondary N) is 2. The van der Waals surface area contributed by atoms with Gasteiger partial charge in [-0.15, -0.1) is 0 Å². The Kier molecular flexibility index (Phi) is 6.64. The van der Waals surface area contributed by atoms with Gasteiger partial charge < -0.3 is 15.2 Å². The lowest BCUT2D eigenvalue weighted by Gasteiger charge is -2.11. The number of para-hydroxylation sites is 2. The van der Waals surface area contributed by atoms with Crippen LogP contribution in [0.1, 0.15) is 30.6 Å². The average Bonchev–Trinajstić information content (AvgIpc) is 2.73. The maximum Gasteiger partial charge on any atom is 0.275 e. The van der Waals surface area contributed by atoms with Crippen LogP contribution in [0.4, 0.5) is 5.69 Å². The fourth-order valence-corrected chi connectivity index (χ4v) is 2.93. The van der Waals surface area contributed by atoms with Gasteiger partial charge >= 0.3 is 0 Å². The highest BCUT2D eigenvalue weighted by molar-refractivity contribution is 6.07. The van der Waals surface area contributed by atoms with Gasteiger partial charge in [-0.2, -0.15) is 5.10 Å². The molecule has 0 spiro atoms. The quantitative estimate of drug-likeness (QED) is 0.407. The van der Waals surface area contributed by atoms with E-state index in [4.69, 9.17) is 4.74 Å². The van der Waals surface area contributed by atoms with E-state index in [0.717, 1.165) is 10.8 Å². The smallest absolute Gasteiger partial charge is 0.275 e. The molecule has 0 heterocycles. The summed E-state index contributed by atoms with van der Waals surface area (Å²) in [4.78, 5) is 24.7. The Bertz CT molecular complexity index is 1110. The van der Waals surface area contributed by atoms with Crippen molar-refractivity contribution in [2.75, 3.05) is 11.9 Å². The first-order valence-electron chi connectivity index (χ1n) is 9.55. The van der Waals surface area contributed by atoms with Crippen LogP contribution in [0.5, 0.6) is 11.5 Å². The van der Waals surface area contributed by atoms with E-state index < -0.39 is 5.91 Å². The molecular formula is C23H23N3O4. The number of amides is 2. The monoisotopic (exact) mass is 405 g/mol. The van der Waals surface area contributed by atoms with Crippen LogP contribution in [0.3, 0.4) is 0 Å². The van der Waals surface area contributed by atoms with E-state index in [2.05, 4.69) is 15.8 Å². The molecule has 0 saturated heterocycles. The highest BCUT2D eigenvalue weighted by Gasteiger charge is 2.13. The van der Waals surface area contributed by atoms with Gasteiger partial charge in [-0.1, -0.05) is 36.4 Å². The van der Waals surface area contributed by atoms with Crippen molar-refractivity contribution in [3.05, 3.63) is 66.2 Å². The number of nitrogens with zero attached hydrogens (tertiary/aromatic N) is 1. The van der Waals surface area contributed by atoms with Gasteiger partial charge in [0, 0.05) is 5.71 Å². The predicted octanol–water partition coefficient (Wildman–Crippen LogP) is 4.08. The molecule has 3 N–H and O–H groups in total. The Balaban J connectivity index is 1.63. The second kappa shape index (κ2) is 9.56. The highest BCUT2D eigenvalue weighted by atomic mass is 16.5. The summed E-state index contributed by atoms with van der Waals surface area (Å²) in [7, 11) is 0. The fourth-order valence-electron chi connectivity index (χ4n) is 2.93. The molecule has 2 amide bonds. The molecule has 7 heteroatoms. The number of ether oxygens (including phenoxy) is 1. The van der Waals surface area contributed by atoms with E-state index in [1.54, 1.807) is 31.2 Å². The van der Waals surface area contributed by atoms with Gasteiger partial charge in [0.15, 0.2) is 0 Å². The van der Waals surface area contributed by atoms with Crippen LogP contribution in [0, 0.1) is 0 Å². The summed E-state index contributed by atoms with van der Waals surface area (Å²) in [5.74, 6) is -0.391. The number of hydrogen-bond donors (Lipinski definition) is 3. The molecule has 0 aromatic heterocycles. The van der Waals surface area contributed by atoms with Gasteiger partial charge in [0.1, 0.15) is 11.5 Å². The highest BCUT2D eigenvalue weighted by Crippen LogP contribution is 2.25. The first-order valence-corrected chi connectivity index (χ1v) is 9.55. The van der Waals surface area contributed by atoms with Crippen molar-refractivity contribution < 1.29 is 19.4 Å². The first-order chi connectivity index (χ1) is 14.5. The van der Waals surface area contributed by atoms with Crippen LogP contribution in [0.25, 0.3) is 10.8 Å². The number of benzene rings is 3. The lowest BCUT2D eigenvalue weighted by molar-refractivity contribution is -0.115. The number of aromatic hydroxyl groups is 1. The molecule has 3 rings (SSSR count). The van der Waals surface area contributed by atoms with E-state index in [-0.39, 0.29) is 23.6 Å². The van der Waals surface area contributed by atoms with Crippen molar-refractivity contribution in [1.29, 1.82) is 0 Å². The fraction of sp³-hybridized carbons (Fsp3) is 0.174. The molecule has 0 aliphatic rings. The molecule has 30 heavy (non-hydrogen) atoms. The number of anilines is 1. The van der Waals surface area contributed by atoms with Crippen LogP contribution in [-0.2, 0) is 4.79 Å².